The lowest BCUT2D eigenvalue weighted by atomic mass is 9.68. The Balaban J connectivity index is 1.92. The van der Waals surface area contributed by atoms with Crippen LogP contribution in [0.25, 0.3) is 11.4 Å². The number of aromatic hydroxyl groups is 1. The molecule has 1 N–H and O–H groups in total. The van der Waals surface area contributed by atoms with E-state index >= 15 is 0 Å². The summed E-state index contributed by atoms with van der Waals surface area (Å²) in [4.78, 5) is 9.37. The second-order valence-corrected chi connectivity index (χ2v) is 7.28. The molecule has 0 atom stereocenters. The van der Waals surface area contributed by atoms with Crippen LogP contribution in [0.3, 0.4) is 0 Å². The summed E-state index contributed by atoms with van der Waals surface area (Å²) in [5.74, 6) is 1.09. The lowest BCUT2D eigenvalue weighted by molar-refractivity contribution is 0.414. The molecule has 2 heterocycles. The van der Waals surface area contributed by atoms with Crippen LogP contribution in [-0.2, 0) is 5.41 Å². The molecule has 0 unspecified atom stereocenters. The highest BCUT2D eigenvalue weighted by Crippen LogP contribution is 2.55. The molecule has 2 aromatic heterocycles. The summed E-state index contributed by atoms with van der Waals surface area (Å²) in [6.45, 7) is 1.92. The van der Waals surface area contributed by atoms with Gasteiger partial charge in [-0.2, -0.15) is 0 Å². The first kappa shape index (κ1) is 17.4. The predicted octanol–water partition coefficient (Wildman–Crippen LogP) is 4.86. The lowest BCUT2D eigenvalue weighted by Gasteiger charge is -2.33. The van der Waals surface area contributed by atoms with Crippen LogP contribution in [0.5, 0.6) is 11.5 Å². The number of aryl methyl sites for hydroxylation is 1. The van der Waals surface area contributed by atoms with Gasteiger partial charge in [0.2, 0.25) is 0 Å². The molecule has 0 bridgehead atoms. The average Bonchev–Trinajstić information content (AvgIpc) is 3.07. The maximum Gasteiger partial charge on any atom is 0.118 e. The number of phenols is 1. The van der Waals surface area contributed by atoms with Crippen molar-refractivity contribution in [2.24, 2.45) is 0 Å². The van der Waals surface area contributed by atoms with Gasteiger partial charge < -0.3 is 9.84 Å². The van der Waals surface area contributed by atoms with E-state index < -0.39 is 5.41 Å². The van der Waals surface area contributed by atoms with Gasteiger partial charge in [-0.05, 0) is 65.1 Å². The van der Waals surface area contributed by atoms with Crippen LogP contribution in [0.4, 0.5) is 0 Å². The first-order chi connectivity index (χ1) is 14.2. The summed E-state index contributed by atoms with van der Waals surface area (Å²) in [5, 5.41) is 10.2. The van der Waals surface area contributed by atoms with Crippen molar-refractivity contribution in [3.8, 4) is 22.9 Å². The fourth-order valence-electron chi connectivity index (χ4n) is 4.46. The van der Waals surface area contributed by atoms with Gasteiger partial charge in [-0.1, -0.05) is 36.4 Å². The van der Waals surface area contributed by atoms with Crippen molar-refractivity contribution in [2.45, 2.75) is 12.3 Å². The summed E-state index contributed by atoms with van der Waals surface area (Å²) in [5.41, 5.74) is 6.39. The number of aromatic nitrogens is 2. The van der Waals surface area contributed by atoms with Crippen LogP contribution < -0.4 is 4.74 Å². The van der Waals surface area contributed by atoms with Gasteiger partial charge in [-0.25, -0.2) is 0 Å². The zero-order chi connectivity index (χ0) is 20.0. The van der Waals surface area contributed by atoms with Crippen LogP contribution in [0.15, 0.2) is 79.1 Å². The lowest BCUT2D eigenvalue weighted by Crippen LogP contribution is -2.28. The molecule has 29 heavy (non-hydrogen) atoms. The van der Waals surface area contributed by atoms with E-state index in [1.807, 2.05) is 49.6 Å². The summed E-state index contributed by atoms with van der Waals surface area (Å²) < 4.78 is 5.39. The van der Waals surface area contributed by atoms with E-state index in [9.17, 15) is 5.11 Å². The average molecular weight is 380 g/mol. The summed E-state index contributed by atoms with van der Waals surface area (Å²) >= 11 is 0. The zero-order valence-corrected chi connectivity index (χ0v) is 16.3. The van der Waals surface area contributed by atoms with Crippen LogP contribution in [0, 0.1) is 6.92 Å². The number of phenolic OH excluding ortho intramolecular Hbond substituents is 1. The molecule has 0 fully saturated rings. The quantitative estimate of drug-likeness (QED) is 0.486. The number of nitrogens with zero attached hydrogens (tertiary/aromatic N) is 2. The van der Waals surface area contributed by atoms with Crippen LogP contribution in [-0.4, -0.2) is 22.2 Å². The second-order valence-electron chi connectivity index (χ2n) is 7.28. The maximum absolute atomic E-state index is 10.2. The van der Waals surface area contributed by atoms with E-state index in [-0.39, 0.29) is 5.75 Å². The van der Waals surface area contributed by atoms with Gasteiger partial charge >= 0.3 is 0 Å². The Kier molecular flexibility index (Phi) is 3.88. The van der Waals surface area contributed by atoms with Crippen molar-refractivity contribution in [1.82, 2.24) is 9.97 Å². The van der Waals surface area contributed by atoms with Crippen molar-refractivity contribution in [3.05, 3.63) is 107 Å². The van der Waals surface area contributed by atoms with Gasteiger partial charge in [-0.15, -0.1) is 0 Å². The van der Waals surface area contributed by atoms with Crippen LogP contribution in [0.2, 0.25) is 0 Å². The fourth-order valence-corrected chi connectivity index (χ4v) is 4.46. The van der Waals surface area contributed by atoms with E-state index in [4.69, 9.17) is 4.74 Å². The molecule has 0 amide bonds. The van der Waals surface area contributed by atoms with E-state index in [1.54, 1.807) is 13.2 Å². The number of fused-ring (bicyclic) bond motifs is 3. The Hall–Kier alpha value is -3.66. The third-order valence-electron chi connectivity index (χ3n) is 5.80. The standard InChI is InChI=1S/C25H20N2O2/c1-16-15-18(9-12-22(16)28)25(17-7-10-19(29-2)11-8-17)20-5-3-13-26-23(20)24-21(25)6-4-14-27-24/h3-15,28H,1-2H3. The number of ether oxygens (including phenoxy) is 1. The Labute approximate surface area is 169 Å². The molecule has 4 heteroatoms. The molecule has 1 aliphatic carbocycles. The highest BCUT2D eigenvalue weighted by molar-refractivity contribution is 5.81. The molecule has 2 aromatic carbocycles. The van der Waals surface area contributed by atoms with Crippen molar-refractivity contribution >= 4 is 0 Å². The first-order valence-electron chi connectivity index (χ1n) is 9.52. The molecule has 0 radical (unpaired) electrons. The van der Waals surface area contributed by atoms with E-state index in [1.165, 1.54) is 0 Å². The SMILES string of the molecule is COc1ccc(C2(c3ccc(O)c(C)c3)c3cccnc3-c3ncccc32)cc1. The van der Waals surface area contributed by atoms with Gasteiger partial charge in [0.15, 0.2) is 0 Å². The summed E-state index contributed by atoms with van der Waals surface area (Å²) in [6.07, 6.45) is 3.62. The number of rotatable bonds is 3. The van der Waals surface area contributed by atoms with E-state index in [2.05, 4.69) is 40.3 Å². The summed E-state index contributed by atoms with van der Waals surface area (Å²) in [6, 6.07) is 22.1. The van der Waals surface area contributed by atoms with Crippen molar-refractivity contribution < 1.29 is 9.84 Å². The van der Waals surface area contributed by atoms with Crippen molar-refractivity contribution in [3.63, 3.8) is 0 Å². The zero-order valence-electron chi connectivity index (χ0n) is 16.3. The number of pyridine rings is 2. The van der Waals surface area contributed by atoms with E-state index in [0.29, 0.717) is 0 Å². The number of benzene rings is 2. The maximum atomic E-state index is 10.2. The molecule has 142 valence electrons. The minimum Gasteiger partial charge on any atom is -0.508 e. The van der Waals surface area contributed by atoms with Crippen LogP contribution in [0.1, 0.15) is 27.8 Å². The molecule has 4 aromatic rings. The van der Waals surface area contributed by atoms with Crippen molar-refractivity contribution in [2.75, 3.05) is 7.11 Å². The normalized spacial score (nSPS) is 13.6. The largest absolute Gasteiger partial charge is 0.508 e. The Bertz CT molecular complexity index is 1170. The predicted molar refractivity (Wildman–Crippen MR) is 112 cm³/mol. The molecule has 1 aliphatic rings. The minimum absolute atomic E-state index is 0.287. The Morgan fingerprint density at radius 2 is 1.38 bits per heavy atom. The highest BCUT2D eigenvalue weighted by atomic mass is 16.5. The molecule has 0 spiro atoms. The molecule has 0 saturated heterocycles. The fraction of sp³-hybridized carbons (Fsp3) is 0.120. The smallest absolute Gasteiger partial charge is 0.118 e. The Morgan fingerprint density at radius 3 is 1.93 bits per heavy atom. The molecule has 5 rings (SSSR count). The second kappa shape index (κ2) is 6.45. The van der Waals surface area contributed by atoms with Crippen LogP contribution >= 0.6 is 0 Å². The monoisotopic (exact) mass is 380 g/mol. The molecular weight excluding hydrogens is 360 g/mol. The molecule has 0 saturated carbocycles. The first-order valence-corrected chi connectivity index (χ1v) is 9.52. The Morgan fingerprint density at radius 1 is 0.793 bits per heavy atom. The van der Waals surface area contributed by atoms with E-state index in [0.717, 1.165) is 45.0 Å². The van der Waals surface area contributed by atoms with Gasteiger partial charge in [0.25, 0.3) is 0 Å². The third-order valence-corrected chi connectivity index (χ3v) is 5.80. The number of hydrogen-bond donors (Lipinski definition) is 1. The highest BCUT2D eigenvalue weighted by Gasteiger charge is 2.47. The third kappa shape index (κ3) is 2.39. The summed E-state index contributed by atoms with van der Waals surface area (Å²) in [7, 11) is 1.67. The van der Waals surface area contributed by atoms with Crippen molar-refractivity contribution in [1.29, 1.82) is 0 Å². The molecular formula is C25H20N2O2. The molecule has 4 nitrogen and oxygen atoms in total. The minimum atomic E-state index is -0.572. The van der Waals surface area contributed by atoms with Gasteiger partial charge in [0, 0.05) is 12.4 Å². The number of methoxy groups -OCH3 is 1. The topological polar surface area (TPSA) is 55.2 Å². The number of hydrogen-bond acceptors (Lipinski definition) is 4. The van der Waals surface area contributed by atoms with Gasteiger partial charge in [0.1, 0.15) is 11.5 Å². The van der Waals surface area contributed by atoms with Gasteiger partial charge in [0.05, 0.1) is 23.9 Å². The van der Waals surface area contributed by atoms with Gasteiger partial charge in [-0.3, -0.25) is 9.97 Å². The molecule has 0 aliphatic heterocycles.